The molecular weight excluding hydrogens is 266 g/mol. The van der Waals surface area contributed by atoms with Crippen LogP contribution in [0.25, 0.3) is 0 Å². The Morgan fingerprint density at radius 2 is 2.19 bits per heavy atom. The van der Waals surface area contributed by atoms with Gasteiger partial charge in [0.05, 0.1) is 25.3 Å². The van der Waals surface area contributed by atoms with Gasteiger partial charge in [-0.05, 0) is 50.8 Å². The number of methoxy groups -OCH3 is 1. The molecule has 0 amide bonds. The molecule has 4 heteroatoms. The molecule has 0 bridgehead atoms. The second kappa shape index (κ2) is 7.34. The molecule has 21 heavy (non-hydrogen) atoms. The number of carbonyl (C=O) groups excluding carboxylic acids is 1. The first kappa shape index (κ1) is 15.7. The summed E-state index contributed by atoms with van der Waals surface area (Å²) in [7, 11) is 1.68. The average Bonchev–Trinajstić information content (AvgIpc) is 2.49. The van der Waals surface area contributed by atoms with Crippen molar-refractivity contribution in [3.8, 4) is 5.75 Å². The fourth-order valence-corrected chi connectivity index (χ4v) is 2.93. The molecular formula is C17H25NO3. The summed E-state index contributed by atoms with van der Waals surface area (Å²) >= 11 is 0. The van der Waals surface area contributed by atoms with Crippen molar-refractivity contribution in [2.75, 3.05) is 19.0 Å². The second-order valence-corrected chi connectivity index (χ2v) is 5.66. The zero-order valence-electron chi connectivity index (χ0n) is 13.1. The molecule has 4 nitrogen and oxygen atoms in total. The highest BCUT2D eigenvalue weighted by atomic mass is 16.5. The van der Waals surface area contributed by atoms with Gasteiger partial charge >= 0.3 is 5.97 Å². The molecule has 116 valence electrons. The van der Waals surface area contributed by atoms with Gasteiger partial charge in [0, 0.05) is 6.04 Å². The summed E-state index contributed by atoms with van der Waals surface area (Å²) in [6.45, 7) is 4.36. The van der Waals surface area contributed by atoms with E-state index in [0.29, 0.717) is 12.6 Å². The number of anilines is 1. The first-order chi connectivity index (χ1) is 10.1. The smallest absolute Gasteiger partial charge is 0.308 e. The van der Waals surface area contributed by atoms with Crippen molar-refractivity contribution in [3.63, 3.8) is 0 Å². The molecule has 0 aromatic heterocycles. The van der Waals surface area contributed by atoms with Crippen molar-refractivity contribution in [2.24, 2.45) is 5.92 Å². The van der Waals surface area contributed by atoms with Gasteiger partial charge in [-0.1, -0.05) is 12.5 Å². The summed E-state index contributed by atoms with van der Waals surface area (Å²) in [4.78, 5) is 11.9. The van der Waals surface area contributed by atoms with E-state index in [1.54, 1.807) is 7.11 Å². The summed E-state index contributed by atoms with van der Waals surface area (Å²) in [6, 6.07) is 6.43. The molecule has 1 N–H and O–H groups in total. The lowest BCUT2D eigenvalue weighted by molar-refractivity contribution is -0.149. The maximum absolute atomic E-state index is 11.9. The lowest BCUT2D eigenvalue weighted by Gasteiger charge is -2.29. The third kappa shape index (κ3) is 4.13. The minimum absolute atomic E-state index is 0.0210. The van der Waals surface area contributed by atoms with Crippen molar-refractivity contribution in [1.82, 2.24) is 0 Å². The van der Waals surface area contributed by atoms with Crippen molar-refractivity contribution in [3.05, 3.63) is 23.8 Å². The van der Waals surface area contributed by atoms with Crippen LogP contribution in [0.4, 0.5) is 5.69 Å². The van der Waals surface area contributed by atoms with Gasteiger partial charge in [0.1, 0.15) is 5.75 Å². The first-order valence-corrected chi connectivity index (χ1v) is 7.71. The van der Waals surface area contributed by atoms with Gasteiger partial charge in [-0.25, -0.2) is 0 Å². The number of hydrogen-bond donors (Lipinski definition) is 1. The number of ether oxygens (including phenoxy) is 2. The molecule has 1 saturated carbocycles. The van der Waals surface area contributed by atoms with Crippen LogP contribution in [0.3, 0.4) is 0 Å². The quantitative estimate of drug-likeness (QED) is 0.843. The topological polar surface area (TPSA) is 47.6 Å². The van der Waals surface area contributed by atoms with Crippen molar-refractivity contribution < 1.29 is 14.3 Å². The van der Waals surface area contributed by atoms with Gasteiger partial charge in [-0.3, -0.25) is 4.79 Å². The first-order valence-electron chi connectivity index (χ1n) is 7.71. The predicted octanol–water partition coefficient (Wildman–Crippen LogP) is 3.54. The molecule has 0 saturated heterocycles. The van der Waals surface area contributed by atoms with Crippen LogP contribution in [0.15, 0.2) is 18.2 Å². The highest BCUT2D eigenvalue weighted by molar-refractivity contribution is 5.72. The molecule has 0 spiro atoms. The molecule has 0 radical (unpaired) electrons. The van der Waals surface area contributed by atoms with Gasteiger partial charge in [0.2, 0.25) is 0 Å². The molecule has 1 aromatic carbocycles. The van der Waals surface area contributed by atoms with E-state index in [4.69, 9.17) is 9.47 Å². The van der Waals surface area contributed by atoms with Gasteiger partial charge in [-0.15, -0.1) is 0 Å². The maximum Gasteiger partial charge on any atom is 0.308 e. The molecule has 0 heterocycles. The lowest BCUT2D eigenvalue weighted by atomic mass is 9.85. The molecule has 2 rings (SSSR count). The summed E-state index contributed by atoms with van der Waals surface area (Å²) in [5, 5.41) is 3.52. The van der Waals surface area contributed by atoms with E-state index in [1.807, 2.05) is 26.0 Å². The standard InChI is InChI=1S/C17H25NO3/c1-4-21-17(19)13-6-5-7-14(11-13)18-15-9-8-12(2)10-16(15)20-3/h8-10,13-14,18H,4-7,11H2,1-3H3. The number of nitrogens with one attached hydrogen (secondary N) is 1. The number of benzene rings is 1. The van der Waals surface area contributed by atoms with E-state index in [9.17, 15) is 4.79 Å². The third-order valence-corrected chi connectivity index (χ3v) is 4.01. The molecule has 1 aliphatic carbocycles. The van der Waals surface area contributed by atoms with E-state index < -0.39 is 0 Å². The number of hydrogen-bond acceptors (Lipinski definition) is 4. The van der Waals surface area contributed by atoms with Crippen LogP contribution in [-0.4, -0.2) is 25.7 Å². The lowest BCUT2D eigenvalue weighted by Crippen LogP contribution is -2.32. The Balaban J connectivity index is 2.01. The van der Waals surface area contributed by atoms with Crippen molar-refractivity contribution in [1.29, 1.82) is 0 Å². The molecule has 1 aliphatic rings. The minimum atomic E-state index is -0.0557. The maximum atomic E-state index is 11.9. The van der Waals surface area contributed by atoms with E-state index in [-0.39, 0.29) is 11.9 Å². The van der Waals surface area contributed by atoms with Gasteiger partial charge in [-0.2, -0.15) is 0 Å². The largest absolute Gasteiger partial charge is 0.495 e. The van der Waals surface area contributed by atoms with Crippen molar-refractivity contribution >= 4 is 11.7 Å². The van der Waals surface area contributed by atoms with Crippen molar-refractivity contribution in [2.45, 2.75) is 45.6 Å². The van der Waals surface area contributed by atoms with Crippen LogP contribution in [0.5, 0.6) is 5.75 Å². The van der Waals surface area contributed by atoms with Gasteiger partial charge < -0.3 is 14.8 Å². The van der Waals surface area contributed by atoms with E-state index in [1.165, 1.54) is 5.56 Å². The molecule has 2 atom stereocenters. The Bertz CT molecular complexity index is 487. The fraction of sp³-hybridized carbons (Fsp3) is 0.588. The number of carbonyl (C=O) groups is 1. The molecule has 1 aromatic rings. The fourth-order valence-electron chi connectivity index (χ4n) is 2.93. The van der Waals surface area contributed by atoms with Crippen LogP contribution >= 0.6 is 0 Å². The zero-order chi connectivity index (χ0) is 15.2. The summed E-state index contributed by atoms with van der Waals surface area (Å²) < 4.78 is 10.6. The average molecular weight is 291 g/mol. The van der Waals surface area contributed by atoms with Crippen LogP contribution < -0.4 is 10.1 Å². The van der Waals surface area contributed by atoms with Crippen LogP contribution in [0, 0.1) is 12.8 Å². The highest BCUT2D eigenvalue weighted by Gasteiger charge is 2.28. The molecule has 0 aliphatic heterocycles. The summed E-state index contributed by atoms with van der Waals surface area (Å²) in [5.74, 6) is 0.820. The number of rotatable bonds is 5. The summed E-state index contributed by atoms with van der Waals surface area (Å²) in [6.07, 6.45) is 3.89. The van der Waals surface area contributed by atoms with E-state index >= 15 is 0 Å². The number of esters is 1. The molecule has 1 fully saturated rings. The monoisotopic (exact) mass is 291 g/mol. The van der Waals surface area contributed by atoms with Crippen LogP contribution in [0.2, 0.25) is 0 Å². The van der Waals surface area contributed by atoms with Crippen LogP contribution in [0.1, 0.15) is 38.2 Å². The Morgan fingerprint density at radius 1 is 1.38 bits per heavy atom. The zero-order valence-corrected chi connectivity index (χ0v) is 13.1. The van der Waals surface area contributed by atoms with E-state index in [0.717, 1.165) is 37.1 Å². The van der Waals surface area contributed by atoms with Gasteiger partial charge in [0.15, 0.2) is 0 Å². The highest BCUT2D eigenvalue weighted by Crippen LogP contribution is 2.31. The second-order valence-electron chi connectivity index (χ2n) is 5.66. The normalized spacial score (nSPS) is 21.7. The Hall–Kier alpha value is -1.71. The van der Waals surface area contributed by atoms with Gasteiger partial charge in [0.25, 0.3) is 0 Å². The minimum Gasteiger partial charge on any atom is -0.495 e. The third-order valence-electron chi connectivity index (χ3n) is 4.01. The predicted molar refractivity (Wildman–Crippen MR) is 83.7 cm³/mol. The SMILES string of the molecule is CCOC(=O)C1CCCC(Nc2ccc(C)cc2OC)C1. The van der Waals surface area contributed by atoms with Crippen LogP contribution in [-0.2, 0) is 9.53 Å². The Morgan fingerprint density at radius 3 is 2.90 bits per heavy atom. The Labute approximate surface area is 126 Å². The van der Waals surface area contributed by atoms with E-state index in [2.05, 4.69) is 11.4 Å². The Kier molecular flexibility index (Phi) is 5.48. The molecule has 2 unspecified atom stereocenters. The number of aryl methyl sites for hydroxylation is 1. The summed E-state index contributed by atoms with van der Waals surface area (Å²) in [5.41, 5.74) is 2.17.